The van der Waals surface area contributed by atoms with Gasteiger partial charge in [-0.2, -0.15) is 5.10 Å². The van der Waals surface area contributed by atoms with Crippen LogP contribution in [0.1, 0.15) is 23.7 Å². The number of aromatic nitrogens is 1. The molecule has 0 unspecified atom stereocenters. The van der Waals surface area contributed by atoms with Crippen molar-refractivity contribution in [2.75, 3.05) is 12.0 Å². The maximum Gasteiger partial charge on any atom is 0.311 e. The highest BCUT2D eigenvalue weighted by Gasteiger charge is 2.14. The lowest BCUT2D eigenvalue weighted by Gasteiger charge is -2.02. The number of ether oxygens (including phenoxy) is 1. The molecule has 2 rings (SSSR count). The number of hydrazone groups is 1. The first kappa shape index (κ1) is 18.3. The number of phenolic OH excluding ortho intramolecular Hbond substituents is 1. The molecule has 25 heavy (non-hydrogen) atoms. The first-order valence-electron chi connectivity index (χ1n) is 7.27. The van der Waals surface area contributed by atoms with Crippen molar-refractivity contribution < 1.29 is 19.6 Å². The van der Waals surface area contributed by atoms with E-state index >= 15 is 0 Å². The monoisotopic (exact) mass is 364 g/mol. The van der Waals surface area contributed by atoms with Crippen LogP contribution in [0.4, 0.5) is 10.8 Å². The van der Waals surface area contributed by atoms with Gasteiger partial charge in [-0.1, -0.05) is 0 Å². The van der Waals surface area contributed by atoms with Crippen LogP contribution in [0.5, 0.6) is 5.75 Å². The van der Waals surface area contributed by atoms with Gasteiger partial charge in [-0.25, -0.2) is 4.98 Å². The number of carbonyl (C=O) groups is 1. The lowest BCUT2D eigenvalue weighted by molar-refractivity contribution is -0.385. The smallest absolute Gasteiger partial charge is 0.311 e. The third-order valence-corrected chi connectivity index (χ3v) is 3.88. The number of nitrogens with one attached hydrogen (secondary N) is 1. The van der Waals surface area contributed by atoms with Crippen molar-refractivity contribution in [2.45, 2.75) is 20.3 Å². The Hall–Kier alpha value is -3.01. The molecule has 0 atom stereocenters. The summed E-state index contributed by atoms with van der Waals surface area (Å²) in [6.07, 6.45) is 1.33. The number of nitro groups is 1. The summed E-state index contributed by atoms with van der Waals surface area (Å²) >= 11 is 1.24. The zero-order valence-electron chi connectivity index (χ0n) is 13.6. The lowest BCUT2D eigenvalue weighted by atomic mass is 10.1. The van der Waals surface area contributed by atoms with Gasteiger partial charge in [0.25, 0.3) is 5.69 Å². The fraction of sp³-hybridized carbons (Fsp3) is 0.267. The second-order valence-corrected chi connectivity index (χ2v) is 5.81. The van der Waals surface area contributed by atoms with Crippen molar-refractivity contribution in [3.8, 4) is 5.75 Å². The minimum Gasteiger partial charge on any atom is -0.507 e. The van der Waals surface area contributed by atoms with Gasteiger partial charge >= 0.3 is 5.97 Å². The second kappa shape index (κ2) is 8.20. The van der Waals surface area contributed by atoms with Crippen molar-refractivity contribution in [3.05, 3.63) is 44.4 Å². The molecule has 0 bridgehead atoms. The second-order valence-electron chi connectivity index (χ2n) is 4.95. The van der Waals surface area contributed by atoms with Crippen molar-refractivity contribution in [1.29, 1.82) is 0 Å². The molecule has 2 aromatic rings. The molecule has 1 aromatic carbocycles. The van der Waals surface area contributed by atoms with Gasteiger partial charge in [-0.3, -0.25) is 20.3 Å². The minimum atomic E-state index is -0.526. The average molecular weight is 364 g/mol. The van der Waals surface area contributed by atoms with Gasteiger partial charge in [0.15, 0.2) is 0 Å². The molecule has 0 aliphatic carbocycles. The minimum absolute atomic E-state index is 0.0701. The van der Waals surface area contributed by atoms with Crippen LogP contribution >= 0.6 is 11.3 Å². The van der Waals surface area contributed by atoms with E-state index in [0.29, 0.717) is 23.0 Å². The molecule has 0 radical (unpaired) electrons. The summed E-state index contributed by atoms with van der Waals surface area (Å²) < 4.78 is 4.84. The molecule has 0 saturated heterocycles. The Balaban J connectivity index is 2.04. The van der Waals surface area contributed by atoms with Gasteiger partial charge < -0.3 is 9.84 Å². The third-order valence-electron chi connectivity index (χ3n) is 3.09. The number of thiazole rings is 1. The molecule has 0 spiro atoms. The van der Waals surface area contributed by atoms with E-state index in [1.807, 2.05) is 0 Å². The van der Waals surface area contributed by atoms with Crippen LogP contribution in [-0.2, 0) is 16.0 Å². The van der Waals surface area contributed by atoms with E-state index < -0.39 is 4.92 Å². The topological polar surface area (TPSA) is 127 Å². The highest BCUT2D eigenvalue weighted by atomic mass is 32.1. The molecular weight excluding hydrogens is 348 g/mol. The number of benzene rings is 1. The van der Waals surface area contributed by atoms with Gasteiger partial charge in [0.05, 0.1) is 29.9 Å². The Kier molecular flexibility index (Phi) is 6.01. The number of rotatable bonds is 7. The predicted molar refractivity (Wildman–Crippen MR) is 93.2 cm³/mol. The summed E-state index contributed by atoms with van der Waals surface area (Å²) in [6, 6.07) is 2.55. The van der Waals surface area contributed by atoms with E-state index in [-0.39, 0.29) is 29.4 Å². The summed E-state index contributed by atoms with van der Waals surface area (Å²) in [5.41, 5.74) is 3.66. The number of phenols is 1. The fourth-order valence-electron chi connectivity index (χ4n) is 1.95. The molecule has 0 amide bonds. The molecule has 2 N–H and O–H groups in total. The highest BCUT2D eigenvalue weighted by molar-refractivity contribution is 7.13. The number of nitro benzene ring substituents is 1. The van der Waals surface area contributed by atoms with Gasteiger partial charge in [0.1, 0.15) is 5.75 Å². The van der Waals surface area contributed by atoms with E-state index in [1.165, 1.54) is 36.6 Å². The summed E-state index contributed by atoms with van der Waals surface area (Å²) in [7, 11) is 0. The van der Waals surface area contributed by atoms with Gasteiger partial charge in [0.2, 0.25) is 5.13 Å². The summed E-state index contributed by atoms with van der Waals surface area (Å²) in [5, 5.41) is 26.8. The van der Waals surface area contributed by atoms with E-state index in [0.717, 1.165) is 0 Å². The van der Waals surface area contributed by atoms with Gasteiger partial charge in [-0.05, 0) is 19.9 Å². The normalized spacial score (nSPS) is 10.8. The summed E-state index contributed by atoms with van der Waals surface area (Å²) in [6.45, 7) is 3.58. The SMILES string of the molecule is CCOC(=O)Cc1csc(NN=Cc2cc([N+](=O)[O-])c(C)cc2O)n1. The van der Waals surface area contributed by atoms with E-state index in [9.17, 15) is 20.0 Å². The number of hydrogen-bond acceptors (Lipinski definition) is 9. The molecule has 1 aromatic heterocycles. The predicted octanol–water partition coefficient (Wildman–Crippen LogP) is 2.62. The van der Waals surface area contributed by atoms with Crippen molar-refractivity contribution in [2.24, 2.45) is 5.10 Å². The first-order chi connectivity index (χ1) is 11.9. The largest absolute Gasteiger partial charge is 0.507 e. The molecular formula is C15H16N4O5S. The third kappa shape index (κ3) is 4.98. The maximum atomic E-state index is 11.4. The van der Waals surface area contributed by atoms with Crippen LogP contribution in [0.2, 0.25) is 0 Å². The highest BCUT2D eigenvalue weighted by Crippen LogP contribution is 2.26. The molecule has 0 fully saturated rings. The number of anilines is 1. The Bertz CT molecular complexity index is 818. The van der Waals surface area contributed by atoms with Crippen molar-refractivity contribution >= 4 is 34.3 Å². The summed E-state index contributed by atoms with van der Waals surface area (Å²) in [5.74, 6) is -0.476. The number of nitrogens with zero attached hydrogens (tertiary/aromatic N) is 3. The quantitative estimate of drug-likeness (QED) is 0.334. The van der Waals surface area contributed by atoms with Crippen LogP contribution in [0.25, 0.3) is 0 Å². The van der Waals surface area contributed by atoms with Gasteiger partial charge in [0, 0.05) is 22.6 Å². The Morgan fingerprint density at radius 2 is 2.32 bits per heavy atom. The van der Waals surface area contributed by atoms with E-state index in [1.54, 1.807) is 12.3 Å². The number of aryl methyl sites for hydroxylation is 1. The average Bonchev–Trinajstić information content (AvgIpc) is 2.96. The Morgan fingerprint density at radius 1 is 1.56 bits per heavy atom. The van der Waals surface area contributed by atoms with E-state index in [2.05, 4.69) is 15.5 Å². The maximum absolute atomic E-state index is 11.4. The van der Waals surface area contributed by atoms with E-state index in [4.69, 9.17) is 4.74 Å². The fourth-order valence-corrected chi connectivity index (χ4v) is 2.61. The molecule has 132 valence electrons. The molecule has 10 heteroatoms. The number of carbonyl (C=O) groups excluding carboxylic acids is 1. The van der Waals surface area contributed by atoms with Crippen molar-refractivity contribution in [3.63, 3.8) is 0 Å². The molecule has 0 saturated carbocycles. The number of esters is 1. The van der Waals surface area contributed by atoms with Crippen LogP contribution in [0.3, 0.4) is 0 Å². The van der Waals surface area contributed by atoms with Crippen molar-refractivity contribution in [1.82, 2.24) is 4.98 Å². The standard InChI is InChI=1S/C15H16N4O5S/c1-3-24-14(21)6-11-8-25-15(17-11)18-16-7-10-5-12(19(22)23)9(2)4-13(10)20/h4-5,7-8,20H,3,6H2,1-2H3,(H,17,18). The molecule has 0 aliphatic rings. The Labute approximate surface area is 147 Å². The summed E-state index contributed by atoms with van der Waals surface area (Å²) in [4.78, 5) is 26.0. The molecule has 9 nitrogen and oxygen atoms in total. The number of hydrogen-bond donors (Lipinski definition) is 2. The Morgan fingerprint density at radius 3 is 3.00 bits per heavy atom. The molecule has 0 aliphatic heterocycles. The zero-order chi connectivity index (χ0) is 18.4. The lowest BCUT2D eigenvalue weighted by Crippen LogP contribution is -2.07. The van der Waals surface area contributed by atoms with Crippen LogP contribution < -0.4 is 5.43 Å². The first-order valence-corrected chi connectivity index (χ1v) is 8.15. The van der Waals surface area contributed by atoms with Gasteiger partial charge in [-0.15, -0.1) is 11.3 Å². The number of aromatic hydroxyl groups is 1. The molecule has 1 heterocycles. The van der Waals surface area contributed by atoms with Crippen LogP contribution in [0, 0.1) is 17.0 Å². The van der Waals surface area contributed by atoms with Crippen LogP contribution in [0.15, 0.2) is 22.6 Å². The zero-order valence-corrected chi connectivity index (χ0v) is 14.4. The van der Waals surface area contributed by atoms with Crippen LogP contribution in [-0.4, -0.2) is 33.8 Å².